The van der Waals surface area contributed by atoms with Gasteiger partial charge in [0.05, 0.1) is 16.8 Å². The number of carbonyl (C=O) groups excluding carboxylic acids is 2. The first-order chi connectivity index (χ1) is 14.4. The van der Waals surface area contributed by atoms with Gasteiger partial charge in [-0.05, 0) is 48.6 Å². The predicted octanol–water partition coefficient (Wildman–Crippen LogP) is 4.28. The second-order valence-electron chi connectivity index (χ2n) is 7.78. The van der Waals surface area contributed by atoms with Gasteiger partial charge < -0.3 is 9.64 Å². The smallest absolute Gasteiger partial charge is 0.339 e. The molecular formula is C25H24N2O3. The largest absolute Gasteiger partial charge is 0.452 e. The molecule has 0 fully saturated rings. The van der Waals surface area contributed by atoms with Crippen LogP contribution in [0.2, 0.25) is 0 Å². The molecule has 4 rings (SSSR count). The molecule has 30 heavy (non-hydrogen) atoms. The van der Waals surface area contributed by atoms with Crippen LogP contribution in [0.25, 0.3) is 22.6 Å². The SMILES string of the molecule is Cc1ccc(/C=C2/CCc3c2nc2ccccc2c3C(=O)OCC(=O)N(C)C)cc1. The number of aryl methyl sites for hydroxylation is 1. The maximum Gasteiger partial charge on any atom is 0.339 e. The van der Waals surface area contributed by atoms with Crippen molar-refractivity contribution >= 4 is 34.4 Å². The number of hydrogen-bond donors (Lipinski definition) is 0. The molecule has 1 amide bonds. The highest BCUT2D eigenvalue weighted by atomic mass is 16.5. The molecule has 1 heterocycles. The highest BCUT2D eigenvalue weighted by molar-refractivity contribution is 6.07. The van der Waals surface area contributed by atoms with Crippen LogP contribution < -0.4 is 0 Å². The molecule has 0 spiro atoms. The number of esters is 1. The van der Waals surface area contributed by atoms with Crippen molar-refractivity contribution in [3.8, 4) is 0 Å². The summed E-state index contributed by atoms with van der Waals surface area (Å²) >= 11 is 0. The maximum atomic E-state index is 13.0. The Labute approximate surface area is 176 Å². The van der Waals surface area contributed by atoms with Crippen molar-refractivity contribution in [1.29, 1.82) is 0 Å². The summed E-state index contributed by atoms with van der Waals surface area (Å²) in [5, 5.41) is 0.759. The third kappa shape index (κ3) is 3.83. The molecule has 5 nitrogen and oxygen atoms in total. The van der Waals surface area contributed by atoms with Gasteiger partial charge >= 0.3 is 5.97 Å². The standard InChI is InChI=1S/C25H24N2O3/c1-16-8-10-17(11-9-16)14-18-12-13-20-23(25(29)30-15-22(28)27(2)3)19-6-4-5-7-21(19)26-24(18)20/h4-11,14H,12-13,15H2,1-3H3/b18-14-. The van der Waals surface area contributed by atoms with Crippen LogP contribution in [-0.4, -0.2) is 42.5 Å². The summed E-state index contributed by atoms with van der Waals surface area (Å²) in [7, 11) is 3.27. The highest BCUT2D eigenvalue weighted by Gasteiger charge is 2.28. The van der Waals surface area contributed by atoms with Crippen LogP contribution in [-0.2, 0) is 16.0 Å². The minimum atomic E-state index is -0.475. The number of fused-ring (bicyclic) bond motifs is 2. The van der Waals surface area contributed by atoms with E-state index in [4.69, 9.17) is 9.72 Å². The zero-order valence-electron chi connectivity index (χ0n) is 17.4. The average molecular weight is 400 g/mol. The molecule has 1 aliphatic rings. The number of ether oxygens (including phenoxy) is 1. The number of hydrogen-bond acceptors (Lipinski definition) is 4. The number of benzene rings is 2. The van der Waals surface area contributed by atoms with Gasteiger partial charge in [0.15, 0.2) is 6.61 Å². The van der Waals surface area contributed by atoms with E-state index in [1.165, 1.54) is 10.5 Å². The Bertz CT molecular complexity index is 1160. The number of aromatic nitrogens is 1. The third-order valence-electron chi connectivity index (χ3n) is 5.39. The van der Waals surface area contributed by atoms with Crippen LogP contribution in [0.5, 0.6) is 0 Å². The highest BCUT2D eigenvalue weighted by Crippen LogP contribution is 2.37. The lowest BCUT2D eigenvalue weighted by molar-refractivity contribution is -0.131. The Kier molecular flexibility index (Phi) is 5.36. The van der Waals surface area contributed by atoms with Gasteiger partial charge in [-0.3, -0.25) is 4.79 Å². The lowest BCUT2D eigenvalue weighted by atomic mass is 10.0. The fourth-order valence-electron chi connectivity index (χ4n) is 3.70. The summed E-state index contributed by atoms with van der Waals surface area (Å²) in [5.41, 5.74) is 6.45. The molecule has 2 aromatic carbocycles. The molecule has 0 atom stereocenters. The first-order valence-electron chi connectivity index (χ1n) is 10.0. The summed E-state index contributed by atoms with van der Waals surface area (Å²) in [6, 6.07) is 15.9. The number of amides is 1. The van der Waals surface area contributed by atoms with Gasteiger partial charge in [-0.15, -0.1) is 0 Å². The second kappa shape index (κ2) is 8.11. The predicted molar refractivity (Wildman–Crippen MR) is 118 cm³/mol. The molecule has 0 saturated heterocycles. The fourth-order valence-corrected chi connectivity index (χ4v) is 3.70. The summed E-state index contributed by atoms with van der Waals surface area (Å²) in [5.74, 6) is -0.727. The van der Waals surface area contributed by atoms with Crippen molar-refractivity contribution in [3.63, 3.8) is 0 Å². The van der Waals surface area contributed by atoms with Crippen molar-refractivity contribution in [2.24, 2.45) is 0 Å². The van der Waals surface area contributed by atoms with Crippen LogP contribution >= 0.6 is 0 Å². The molecule has 152 valence electrons. The number of carbonyl (C=O) groups is 2. The topological polar surface area (TPSA) is 59.5 Å². The van der Waals surface area contributed by atoms with E-state index in [-0.39, 0.29) is 12.5 Å². The number of allylic oxidation sites excluding steroid dienone is 1. The molecule has 0 radical (unpaired) electrons. The summed E-state index contributed by atoms with van der Waals surface area (Å²) in [6.45, 7) is 1.79. The monoisotopic (exact) mass is 400 g/mol. The number of likely N-dealkylation sites (N-methyl/N-ethyl adjacent to an activating group) is 1. The Hall–Kier alpha value is -3.47. The van der Waals surface area contributed by atoms with Crippen molar-refractivity contribution in [1.82, 2.24) is 9.88 Å². The number of pyridine rings is 1. The molecule has 1 aromatic heterocycles. The minimum Gasteiger partial charge on any atom is -0.452 e. The molecule has 0 aliphatic heterocycles. The van der Waals surface area contributed by atoms with E-state index in [1.54, 1.807) is 14.1 Å². The van der Waals surface area contributed by atoms with E-state index < -0.39 is 5.97 Å². The summed E-state index contributed by atoms with van der Waals surface area (Å²) in [6.07, 6.45) is 3.66. The normalized spacial score (nSPS) is 14.0. The van der Waals surface area contributed by atoms with Gasteiger partial charge in [0.2, 0.25) is 0 Å². The van der Waals surface area contributed by atoms with Crippen LogP contribution in [0, 0.1) is 6.92 Å². The van der Waals surface area contributed by atoms with Gasteiger partial charge in [0, 0.05) is 19.5 Å². The van der Waals surface area contributed by atoms with Crippen LogP contribution in [0.3, 0.4) is 0 Å². The Morgan fingerprint density at radius 1 is 1.07 bits per heavy atom. The zero-order valence-corrected chi connectivity index (χ0v) is 17.4. The van der Waals surface area contributed by atoms with E-state index in [0.717, 1.165) is 46.1 Å². The van der Waals surface area contributed by atoms with Gasteiger partial charge in [-0.1, -0.05) is 48.0 Å². The Morgan fingerprint density at radius 3 is 2.53 bits per heavy atom. The quantitative estimate of drug-likeness (QED) is 0.614. The van der Waals surface area contributed by atoms with E-state index >= 15 is 0 Å². The van der Waals surface area contributed by atoms with Gasteiger partial charge in [-0.2, -0.15) is 0 Å². The van der Waals surface area contributed by atoms with Crippen LogP contribution in [0.15, 0.2) is 48.5 Å². The average Bonchev–Trinajstić information content (AvgIpc) is 3.13. The molecule has 1 aliphatic carbocycles. The zero-order chi connectivity index (χ0) is 21.3. The van der Waals surface area contributed by atoms with E-state index in [0.29, 0.717) is 5.56 Å². The van der Waals surface area contributed by atoms with Gasteiger partial charge in [0.25, 0.3) is 5.91 Å². The van der Waals surface area contributed by atoms with Crippen molar-refractivity contribution in [2.75, 3.05) is 20.7 Å². The van der Waals surface area contributed by atoms with Gasteiger partial charge in [-0.25, -0.2) is 9.78 Å². The molecule has 0 unspecified atom stereocenters. The van der Waals surface area contributed by atoms with Crippen molar-refractivity contribution in [2.45, 2.75) is 19.8 Å². The Balaban J connectivity index is 1.77. The number of rotatable bonds is 4. The molecule has 0 N–H and O–H groups in total. The van der Waals surface area contributed by atoms with Crippen molar-refractivity contribution < 1.29 is 14.3 Å². The fraction of sp³-hybridized carbons (Fsp3) is 0.240. The molecule has 0 bridgehead atoms. The lowest BCUT2D eigenvalue weighted by Crippen LogP contribution is -2.27. The number of para-hydroxylation sites is 1. The van der Waals surface area contributed by atoms with Crippen LogP contribution in [0.1, 0.15) is 39.2 Å². The van der Waals surface area contributed by atoms with E-state index in [1.807, 2.05) is 24.3 Å². The Morgan fingerprint density at radius 2 is 1.80 bits per heavy atom. The summed E-state index contributed by atoms with van der Waals surface area (Å²) in [4.78, 5) is 31.2. The second-order valence-corrected chi connectivity index (χ2v) is 7.78. The molecular weight excluding hydrogens is 376 g/mol. The first-order valence-corrected chi connectivity index (χ1v) is 10.0. The first kappa shape index (κ1) is 19.8. The minimum absolute atomic E-state index is 0.252. The van der Waals surface area contributed by atoms with E-state index in [2.05, 4.69) is 37.3 Å². The van der Waals surface area contributed by atoms with E-state index in [9.17, 15) is 9.59 Å². The van der Waals surface area contributed by atoms with Gasteiger partial charge in [0.1, 0.15) is 0 Å². The summed E-state index contributed by atoms with van der Waals surface area (Å²) < 4.78 is 5.37. The molecule has 5 heteroatoms. The molecule has 3 aromatic rings. The molecule has 0 saturated carbocycles. The lowest BCUT2D eigenvalue weighted by Gasteiger charge is -2.14. The number of nitrogens with zero attached hydrogens (tertiary/aromatic N) is 2. The maximum absolute atomic E-state index is 13.0. The third-order valence-corrected chi connectivity index (χ3v) is 5.39. The van der Waals surface area contributed by atoms with Crippen LogP contribution in [0.4, 0.5) is 0 Å². The van der Waals surface area contributed by atoms with Crippen molar-refractivity contribution in [3.05, 3.63) is 76.5 Å².